The van der Waals surface area contributed by atoms with Gasteiger partial charge in [-0.2, -0.15) is 0 Å². The van der Waals surface area contributed by atoms with Crippen molar-refractivity contribution < 1.29 is 18.7 Å². The number of ether oxygens (including phenoxy) is 2. The van der Waals surface area contributed by atoms with Crippen LogP contribution in [0.5, 0.6) is 11.5 Å². The summed E-state index contributed by atoms with van der Waals surface area (Å²) in [7, 11) is 1.31. The average molecular weight is 441 g/mol. The van der Waals surface area contributed by atoms with E-state index in [4.69, 9.17) is 19.3 Å². The maximum Gasteiger partial charge on any atom is 0.338 e. The minimum absolute atomic E-state index is 0.185. The second-order valence-electron chi connectivity index (χ2n) is 7.25. The number of carbonyl (C=O) groups is 1. The lowest BCUT2D eigenvalue weighted by Gasteiger charge is -2.17. The van der Waals surface area contributed by atoms with Gasteiger partial charge >= 0.3 is 5.97 Å². The van der Waals surface area contributed by atoms with E-state index in [0.717, 1.165) is 11.3 Å². The highest BCUT2D eigenvalue weighted by Gasteiger charge is 2.22. The lowest BCUT2D eigenvalue weighted by atomic mass is 10.0. The van der Waals surface area contributed by atoms with Crippen molar-refractivity contribution in [2.75, 3.05) is 12.4 Å². The summed E-state index contributed by atoms with van der Waals surface area (Å²) >= 11 is 0. The van der Waals surface area contributed by atoms with Crippen molar-refractivity contribution in [3.8, 4) is 23.0 Å². The van der Waals surface area contributed by atoms with Crippen LogP contribution in [0.15, 0.2) is 83.5 Å². The number of esters is 1. The molecule has 7 nitrogen and oxygen atoms in total. The van der Waals surface area contributed by atoms with Gasteiger partial charge in [0, 0.05) is 17.8 Å². The zero-order valence-corrected chi connectivity index (χ0v) is 18.3. The molecule has 33 heavy (non-hydrogen) atoms. The van der Waals surface area contributed by atoms with Gasteiger partial charge in [-0.1, -0.05) is 36.4 Å². The molecule has 0 bridgehead atoms. The van der Waals surface area contributed by atoms with Crippen LogP contribution >= 0.6 is 0 Å². The van der Waals surface area contributed by atoms with Gasteiger partial charge in [0.15, 0.2) is 5.76 Å². The van der Waals surface area contributed by atoms with Gasteiger partial charge in [-0.15, -0.1) is 0 Å². The van der Waals surface area contributed by atoms with Crippen LogP contribution in [0.4, 0.5) is 5.82 Å². The summed E-state index contributed by atoms with van der Waals surface area (Å²) < 4.78 is 16.5. The third-order valence-corrected chi connectivity index (χ3v) is 4.96. The highest BCUT2D eigenvalue weighted by Crippen LogP contribution is 2.29. The number of rotatable bonds is 8. The number of hydrogen-bond acceptors (Lipinski definition) is 7. The molecule has 2 aromatic carbocycles. The number of anilines is 1. The van der Waals surface area contributed by atoms with Gasteiger partial charge in [-0.3, -0.25) is 0 Å². The normalized spacial score (nSPS) is 10.5. The molecule has 0 fully saturated rings. The summed E-state index contributed by atoms with van der Waals surface area (Å²) in [4.78, 5) is 17.2. The summed E-state index contributed by atoms with van der Waals surface area (Å²) in [5.74, 6) is 1.76. The van der Waals surface area contributed by atoms with Crippen molar-refractivity contribution in [3.63, 3.8) is 0 Å². The van der Waals surface area contributed by atoms with E-state index >= 15 is 0 Å². The van der Waals surface area contributed by atoms with Gasteiger partial charge in [-0.25, -0.2) is 9.78 Å². The van der Waals surface area contributed by atoms with Gasteiger partial charge < -0.3 is 24.6 Å². The molecule has 0 radical (unpaired) electrons. The van der Waals surface area contributed by atoms with Crippen LogP contribution in [-0.4, -0.2) is 23.8 Å². The number of nitrogens with zero attached hydrogens (tertiary/aromatic N) is 1. The summed E-state index contributed by atoms with van der Waals surface area (Å²) in [6.07, 6.45) is 1.54. The summed E-state index contributed by atoms with van der Waals surface area (Å²) in [5, 5.41) is 11.5. The van der Waals surface area contributed by atoms with Crippen molar-refractivity contribution in [1.29, 1.82) is 5.41 Å². The zero-order chi connectivity index (χ0) is 23.2. The molecule has 2 heterocycles. The fraction of sp³-hybridized carbons (Fsp3) is 0.115. The van der Waals surface area contributed by atoms with Gasteiger partial charge in [0.25, 0.3) is 0 Å². The van der Waals surface area contributed by atoms with Gasteiger partial charge in [0.05, 0.1) is 24.5 Å². The van der Waals surface area contributed by atoms with Gasteiger partial charge in [0.2, 0.25) is 0 Å². The molecule has 2 N–H and O–H groups in total. The maximum atomic E-state index is 12.5. The highest BCUT2D eigenvalue weighted by atomic mass is 16.5. The van der Waals surface area contributed by atoms with E-state index in [1.165, 1.54) is 13.4 Å². The Morgan fingerprint density at radius 3 is 2.52 bits per heavy atom. The summed E-state index contributed by atoms with van der Waals surface area (Å²) in [6.45, 7) is 1.96. The van der Waals surface area contributed by atoms with Crippen LogP contribution in [0.2, 0.25) is 0 Å². The molecular weight excluding hydrogens is 418 g/mol. The van der Waals surface area contributed by atoms with Gasteiger partial charge in [-0.05, 0) is 43.3 Å². The van der Waals surface area contributed by atoms with E-state index in [1.54, 1.807) is 25.1 Å². The van der Waals surface area contributed by atoms with Crippen LogP contribution in [0.3, 0.4) is 0 Å². The van der Waals surface area contributed by atoms with Crippen molar-refractivity contribution in [3.05, 3.63) is 95.7 Å². The lowest BCUT2D eigenvalue weighted by Crippen LogP contribution is -2.15. The second-order valence-corrected chi connectivity index (χ2v) is 7.25. The Bertz CT molecular complexity index is 1270. The smallest absolute Gasteiger partial charge is 0.338 e. The quantitative estimate of drug-likeness (QED) is 0.260. The molecule has 7 heteroatoms. The molecule has 0 aliphatic heterocycles. The predicted molar refractivity (Wildman–Crippen MR) is 126 cm³/mol. The molecule has 166 valence electrons. The number of carbonyl (C=O) groups excluding carboxylic acids is 1. The Morgan fingerprint density at radius 1 is 1.06 bits per heavy atom. The van der Waals surface area contributed by atoms with E-state index < -0.39 is 5.97 Å². The second kappa shape index (κ2) is 9.82. The molecule has 0 amide bonds. The van der Waals surface area contributed by atoms with Crippen LogP contribution in [-0.2, 0) is 11.3 Å². The highest BCUT2D eigenvalue weighted by molar-refractivity contribution is 6.10. The van der Waals surface area contributed by atoms with E-state index in [2.05, 4.69) is 10.3 Å². The van der Waals surface area contributed by atoms with Crippen molar-refractivity contribution in [2.24, 2.45) is 0 Å². The Hall–Kier alpha value is -4.39. The minimum atomic E-state index is -0.553. The first kappa shape index (κ1) is 21.8. The number of benzene rings is 2. The van der Waals surface area contributed by atoms with Crippen molar-refractivity contribution in [1.82, 2.24) is 4.98 Å². The Kier molecular flexibility index (Phi) is 6.50. The molecule has 0 aliphatic rings. The Balaban J connectivity index is 1.70. The molecule has 0 spiro atoms. The molecule has 0 saturated heterocycles. The molecule has 0 unspecified atom stereocenters. The Morgan fingerprint density at radius 2 is 1.82 bits per heavy atom. The molecule has 0 saturated carbocycles. The van der Waals surface area contributed by atoms with Gasteiger partial charge in [0.1, 0.15) is 23.0 Å². The number of hydrogen-bond donors (Lipinski definition) is 2. The monoisotopic (exact) mass is 441 g/mol. The fourth-order valence-electron chi connectivity index (χ4n) is 3.42. The first-order valence-corrected chi connectivity index (χ1v) is 10.3. The van der Waals surface area contributed by atoms with Crippen LogP contribution < -0.4 is 10.1 Å². The summed E-state index contributed by atoms with van der Waals surface area (Å²) in [5.41, 5.74) is 2.15. The van der Waals surface area contributed by atoms with Crippen LogP contribution in [0.1, 0.15) is 28.4 Å². The fourth-order valence-corrected chi connectivity index (χ4v) is 3.42. The number of pyridine rings is 1. The van der Waals surface area contributed by atoms with E-state index in [9.17, 15) is 4.79 Å². The lowest BCUT2D eigenvalue weighted by molar-refractivity contribution is 0.0600. The average Bonchev–Trinajstić information content (AvgIpc) is 3.38. The maximum absolute atomic E-state index is 12.5. The van der Waals surface area contributed by atoms with Crippen molar-refractivity contribution in [2.45, 2.75) is 13.5 Å². The molecule has 0 aliphatic carbocycles. The van der Waals surface area contributed by atoms with Crippen molar-refractivity contribution >= 4 is 17.5 Å². The first-order valence-electron chi connectivity index (χ1n) is 10.3. The van der Waals surface area contributed by atoms with E-state index in [0.29, 0.717) is 35.1 Å². The Labute approximate surface area is 191 Å². The topological polar surface area (TPSA) is 97.4 Å². The van der Waals surface area contributed by atoms with E-state index in [1.807, 2.05) is 54.6 Å². The SMILES string of the molecule is COC(=O)c1cc(-c2ccco2)nc(NCc2ccccc2Oc2ccccc2)c1C(C)=N. The van der Waals surface area contributed by atoms with Crippen LogP contribution in [0.25, 0.3) is 11.5 Å². The minimum Gasteiger partial charge on any atom is -0.465 e. The van der Waals surface area contributed by atoms with Crippen LogP contribution in [0, 0.1) is 5.41 Å². The number of furan rings is 1. The third-order valence-electron chi connectivity index (χ3n) is 4.96. The van der Waals surface area contributed by atoms with E-state index in [-0.39, 0.29) is 11.3 Å². The number of methoxy groups -OCH3 is 1. The number of para-hydroxylation sites is 2. The molecular formula is C26H23N3O4. The molecule has 2 aromatic heterocycles. The number of nitrogens with one attached hydrogen (secondary N) is 2. The zero-order valence-electron chi connectivity index (χ0n) is 18.3. The number of aromatic nitrogens is 1. The molecule has 0 atom stereocenters. The standard InChI is InChI=1S/C26H23N3O4/c1-17(27)24-20(26(30)31-2)15-21(23-13-8-14-32-23)29-25(24)28-16-18-9-6-7-12-22(18)33-19-10-4-3-5-11-19/h3-15,27H,16H2,1-2H3,(H,28,29). The largest absolute Gasteiger partial charge is 0.465 e. The molecule has 4 rings (SSSR count). The first-order chi connectivity index (χ1) is 16.1. The third kappa shape index (κ3) is 4.93. The summed E-state index contributed by atoms with van der Waals surface area (Å²) in [6, 6.07) is 22.3. The molecule has 4 aromatic rings. The predicted octanol–water partition coefficient (Wildman–Crippen LogP) is 5.92.